The molecule has 9 heteroatoms. The Morgan fingerprint density at radius 1 is 1.27 bits per heavy atom. The number of likely N-dealkylation sites (N-methyl/N-ethyl adjacent to an activating group) is 1. The smallest absolute Gasteiger partial charge is 0.261 e. The van der Waals surface area contributed by atoms with Crippen molar-refractivity contribution >= 4 is 24.0 Å². The van der Waals surface area contributed by atoms with Gasteiger partial charge in [-0.05, 0) is 38.2 Å². The van der Waals surface area contributed by atoms with Crippen molar-refractivity contribution in [3.05, 3.63) is 47.0 Å². The second-order valence-electron chi connectivity index (χ2n) is 6.21. The van der Waals surface area contributed by atoms with E-state index in [2.05, 4.69) is 32.5 Å². The summed E-state index contributed by atoms with van der Waals surface area (Å²) >= 11 is 5.95. The van der Waals surface area contributed by atoms with Crippen LogP contribution in [0.25, 0.3) is 17.1 Å². The molecule has 26 heavy (non-hydrogen) atoms. The van der Waals surface area contributed by atoms with Gasteiger partial charge in [-0.1, -0.05) is 16.8 Å². The van der Waals surface area contributed by atoms with Crippen molar-refractivity contribution in [2.75, 3.05) is 26.7 Å². The van der Waals surface area contributed by atoms with Crippen molar-refractivity contribution in [3.63, 3.8) is 0 Å². The van der Waals surface area contributed by atoms with E-state index in [0.29, 0.717) is 16.7 Å². The van der Waals surface area contributed by atoms with E-state index in [9.17, 15) is 0 Å². The summed E-state index contributed by atoms with van der Waals surface area (Å²) in [5, 5.41) is 12.8. The first kappa shape index (κ1) is 18.8. The van der Waals surface area contributed by atoms with Crippen molar-refractivity contribution in [1.29, 1.82) is 0 Å². The van der Waals surface area contributed by atoms with E-state index in [1.54, 1.807) is 4.68 Å². The minimum atomic E-state index is 0. The number of rotatable bonds is 3. The van der Waals surface area contributed by atoms with Crippen molar-refractivity contribution < 1.29 is 4.52 Å². The summed E-state index contributed by atoms with van der Waals surface area (Å²) in [5.41, 5.74) is 2.59. The van der Waals surface area contributed by atoms with Crippen LogP contribution in [0.4, 0.5) is 0 Å². The molecule has 3 heterocycles. The molecule has 1 saturated heterocycles. The molecule has 7 nitrogen and oxygen atoms in total. The Morgan fingerprint density at radius 3 is 2.77 bits per heavy atom. The number of nitrogens with one attached hydrogen (secondary N) is 1. The summed E-state index contributed by atoms with van der Waals surface area (Å²) in [5.74, 6) is 1.19. The van der Waals surface area contributed by atoms with Crippen LogP contribution in [0.5, 0.6) is 0 Å². The molecule has 1 aliphatic rings. The lowest BCUT2D eigenvalue weighted by Gasteiger charge is -2.30. The zero-order chi connectivity index (χ0) is 17.4. The highest BCUT2D eigenvalue weighted by molar-refractivity contribution is 6.30. The Kier molecular flexibility index (Phi) is 5.62. The Bertz CT molecular complexity index is 876. The predicted molar refractivity (Wildman–Crippen MR) is 102 cm³/mol. The number of hydrogen-bond acceptors (Lipinski definition) is 6. The standard InChI is InChI=1S/C17H19ClN6O.ClH/c1-11-14(10-24(21-11)13-5-3-12(18)4-6-13)17-20-16(22-25-17)15-9-19-7-8-23(15)2;/h3-6,10,15,19H,7-9H2,1-2H3;1H. The van der Waals surface area contributed by atoms with E-state index in [1.165, 1.54) is 0 Å². The van der Waals surface area contributed by atoms with Gasteiger partial charge in [-0.15, -0.1) is 12.4 Å². The summed E-state index contributed by atoms with van der Waals surface area (Å²) in [6.07, 6.45) is 1.90. The van der Waals surface area contributed by atoms with Gasteiger partial charge in [-0.3, -0.25) is 4.90 Å². The van der Waals surface area contributed by atoms with Crippen LogP contribution in [-0.2, 0) is 0 Å². The zero-order valence-corrected chi connectivity index (χ0v) is 16.1. The SMILES string of the molecule is Cc1nn(-c2ccc(Cl)cc2)cc1-c1nc(C2CNCCN2C)no1.Cl. The highest BCUT2D eigenvalue weighted by atomic mass is 35.5. The lowest BCUT2D eigenvalue weighted by molar-refractivity contribution is 0.190. The molecule has 4 rings (SSSR count). The summed E-state index contributed by atoms with van der Waals surface area (Å²) < 4.78 is 7.30. The number of hydrogen-bond donors (Lipinski definition) is 1. The Labute approximate surface area is 162 Å². The molecular weight excluding hydrogens is 375 g/mol. The molecule has 3 aromatic rings. The first-order valence-corrected chi connectivity index (χ1v) is 8.57. The molecule has 0 saturated carbocycles. The molecule has 1 N–H and O–H groups in total. The van der Waals surface area contributed by atoms with E-state index in [4.69, 9.17) is 16.1 Å². The van der Waals surface area contributed by atoms with E-state index in [-0.39, 0.29) is 18.4 Å². The fraction of sp³-hybridized carbons (Fsp3) is 0.353. The molecule has 1 aliphatic heterocycles. The minimum Gasteiger partial charge on any atom is -0.334 e. The van der Waals surface area contributed by atoms with Gasteiger partial charge >= 0.3 is 0 Å². The molecule has 138 valence electrons. The average Bonchev–Trinajstić information content (AvgIpc) is 3.23. The quantitative estimate of drug-likeness (QED) is 0.736. The maximum absolute atomic E-state index is 5.95. The van der Waals surface area contributed by atoms with Gasteiger partial charge in [0.1, 0.15) is 0 Å². The lowest BCUT2D eigenvalue weighted by Crippen LogP contribution is -2.44. The fourth-order valence-electron chi connectivity index (χ4n) is 2.97. The van der Waals surface area contributed by atoms with Gasteiger partial charge in [-0.25, -0.2) is 4.68 Å². The molecule has 0 aliphatic carbocycles. The van der Waals surface area contributed by atoms with Gasteiger partial charge < -0.3 is 9.84 Å². The van der Waals surface area contributed by atoms with Gasteiger partial charge in [0.05, 0.1) is 23.0 Å². The topological polar surface area (TPSA) is 72.0 Å². The van der Waals surface area contributed by atoms with Crippen LogP contribution in [0.3, 0.4) is 0 Å². The van der Waals surface area contributed by atoms with Crippen LogP contribution in [0, 0.1) is 6.92 Å². The Morgan fingerprint density at radius 2 is 2.04 bits per heavy atom. The first-order chi connectivity index (χ1) is 12.1. The van der Waals surface area contributed by atoms with Crippen LogP contribution in [0.15, 0.2) is 35.0 Å². The number of piperazine rings is 1. The monoisotopic (exact) mass is 394 g/mol. The first-order valence-electron chi connectivity index (χ1n) is 8.19. The summed E-state index contributed by atoms with van der Waals surface area (Å²) in [4.78, 5) is 6.83. The largest absolute Gasteiger partial charge is 0.334 e. The number of aryl methyl sites for hydroxylation is 1. The maximum Gasteiger partial charge on any atom is 0.261 e. The van der Waals surface area contributed by atoms with Crippen LogP contribution >= 0.6 is 24.0 Å². The highest BCUT2D eigenvalue weighted by Gasteiger charge is 2.26. The maximum atomic E-state index is 5.95. The van der Waals surface area contributed by atoms with Gasteiger partial charge in [0.2, 0.25) is 0 Å². The van der Waals surface area contributed by atoms with Gasteiger partial charge in [-0.2, -0.15) is 10.1 Å². The molecule has 1 unspecified atom stereocenters. The van der Waals surface area contributed by atoms with E-state index in [0.717, 1.165) is 36.6 Å². The molecule has 1 fully saturated rings. The normalized spacial score (nSPS) is 17.9. The van der Waals surface area contributed by atoms with Crippen molar-refractivity contribution in [1.82, 2.24) is 30.1 Å². The van der Waals surface area contributed by atoms with E-state index in [1.807, 2.05) is 37.4 Å². The molecule has 2 aromatic heterocycles. The van der Waals surface area contributed by atoms with Crippen LogP contribution in [0.2, 0.25) is 5.02 Å². The molecule has 0 amide bonds. The van der Waals surface area contributed by atoms with Gasteiger partial charge in [0, 0.05) is 30.9 Å². The highest BCUT2D eigenvalue weighted by Crippen LogP contribution is 2.26. The Hall–Kier alpha value is -1.93. The molecule has 0 radical (unpaired) electrons. The second-order valence-corrected chi connectivity index (χ2v) is 6.64. The van der Waals surface area contributed by atoms with Gasteiger partial charge in [0.15, 0.2) is 5.82 Å². The molecular formula is C17H20Cl2N6O. The minimum absolute atomic E-state index is 0. The third-order valence-corrected chi connectivity index (χ3v) is 4.72. The van der Waals surface area contributed by atoms with Gasteiger partial charge in [0.25, 0.3) is 5.89 Å². The second kappa shape index (κ2) is 7.75. The molecule has 1 aromatic carbocycles. The predicted octanol–water partition coefficient (Wildman–Crippen LogP) is 2.88. The third-order valence-electron chi connectivity index (χ3n) is 4.47. The summed E-state index contributed by atoms with van der Waals surface area (Å²) in [6.45, 7) is 4.69. The van der Waals surface area contributed by atoms with E-state index >= 15 is 0 Å². The van der Waals surface area contributed by atoms with Crippen molar-refractivity contribution in [2.24, 2.45) is 0 Å². The average molecular weight is 395 g/mol. The van der Waals surface area contributed by atoms with Crippen molar-refractivity contribution in [2.45, 2.75) is 13.0 Å². The zero-order valence-electron chi connectivity index (χ0n) is 14.5. The molecule has 0 bridgehead atoms. The van der Waals surface area contributed by atoms with Crippen LogP contribution in [0.1, 0.15) is 17.6 Å². The van der Waals surface area contributed by atoms with E-state index < -0.39 is 0 Å². The lowest BCUT2D eigenvalue weighted by atomic mass is 10.2. The van der Waals surface area contributed by atoms with Crippen molar-refractivity contribution in [3.8, 4) is 17.1 Å². The molecule has 0 spiro atoms. The van der Waals surface area contributed by atoms with Crippen LogP contribution in [-0.4, -0.2) is 51.5 Å². The Balaban J connectivity index is 0.00000196. The third kappa shape index (κ3) is 3.61. The number of nitrogens with zero attached hydrogens (tertiary/aromatic N) is 5. The van der Waals surface area contributed by atoms with Crippen LogP contribution < -0.4 is 5.32 Å². The fourth-order valence-corrected chi connectivity index (χ4v) is 3.10. The molecule has 1 atom stereocenters. The number of halogens is 2. The summed E-state index contributed by atoms with van der Waals surface area (Å²) in [6, 6.07) is 7.63. The number of aromatic nitrogens is 4. The number of benzene rings is 1. The summed E-state index contributed by atoms with van der Waals surface area (Å²) in [7, 11) is 2.07.